The molecule has 1 aliphatic rings. The van der Waals surface area contributed by atoms with Gasteiger partial charge in [0, 0.05) is 25.2 Å². The number of nitrogens with one attached hydrogen (secondary N) is 1. The summed E-state index contributed by atoms with van der Waals surface area (Å²) in [7, 11) is -3.72. The van der Waals surface area contributed by atoms with Crippen molar-refractivity contribution >= 4 is 21.6 Å². The number of sulfonamides is 1. The molecule has 0 spiro atoms. The summed E-state index contributed by atoms with van der Waals surface area (Å²) in [4.78, 5) is 13.6. The Bertz CT molecular complexity index is 849. The maximum absolute atomic E-state index is 12.9. The summed E-state index contributed by atoms with van der Waals surface area (Å²) >= 11 is 0. The monoisotopic (exact) mass is 362 g/mol. The molecule has 2 aromatic rings. The van der Waals surface area contributed by atoms with Crippen molar-refractivity contribution in [2.75, 3.05) is 17.8 Å². The third-order valence-electron chi connectivity index (χ3n) is 4.17. The molecule has 1 heterocycles. The van der Waals surface area contributed by atoms with Crippen molar-refractivity contribution in [2.24, 2.45) is 0 Å². The molecule has 2 aromatic carbocycles. The second-order valence-corrected chi connectivity index (χ2v) is 7.67. The molecule has 5 nitrogen and oxygen atoms in total. The molecule has 3 rings (SSSR count). The number of halogens is 1. The van der Waals surface area contributed by atoms with Crippen LogP contribution in [0.25, 0.3) is 0 Å². The van der Waals surface area contributed by atoms with E-state index in [-0.39, 0.29) is 10.8 Å². The smallest absolute Gasteiger partial charge is 0.261 e. The molecule has 1 N–H and O–H groups in total. The van der Waals surface area contributed by atoms with Crippen molar-refractivity contribution in [1.29, 1.82) is 0 Å². The van der Waals surface area contributed by atoms with Gasteiger partial charge in [-0.2, -0.15) is 0 Å². The zero-order valence-corrected chi connectivity index (χ0v) is 14.4. The molecule has 1 aliphatic heterocycles. The van der Waals surface area contributed by atoms with Crippen molar-refractivity contribution < 1.29 is 17.6 Å². The molecule has 0 saturated carbocycles. The van der Waals surface area contributed by atoms with Gasteiger partial charge in [0.2, 0.25) is 5.91 Å². The van der Waals surface area contributed by atoms with Crippen LogP contribution in [0.2, 0.25) is 0 Å². The number of benzene rings is 2. The van der Waals surface area contributed by atoms with Crippen LogP contribution < -0.4 is 4.72 Å². The number of likely N-dealkylation sites (tertiary alicyclic amines) is 1. The molecular formula is C18H19FN2O3S. The normalized spacial score (nSPS) is 14.8. The molecule has 132 valence electrons. The predicted octanol–water partition coefficient (Wildman–Crippen LogP) is 2.79. The van der Waals surface area contributed by atoms with Gasteiger partial charge >= 0.3 is 0 Å². The van der Waals surface area contributed by atoms with Gasteiger partial charge in [0.1, 0.15) is 5.82 Å². The molecule has 1 amide bonds. The highest BCUT2D eigenvalue weighted by Crippen LogP contribution is 2.18. The van der Waals surface area contributed by atoms with Gasteiger partial charge in [-0.3, -0.25) is 9.52 Å². The Labute approximate surface area is 146 Å². The topological polar surface area (TPSA) is 66.5 Å². The van der Waals surface area contributed by atoms with Crippen LogP contribution in [0.4, 0.5) is 10.1 Å². The minimum atomic E-state index is -3.72. The summed E-state index contributed by atoms with van der Waals surface area (Å²) in [5.74, 6) is -0.244. The van der Waals surface area contributed by atoms with Crippen molar-refractivity contribution in [3.05, 3.63) is 59.9 Å². The lowest BCUT2D eigenvalue weighted by atomic mass is 10.1. The molecular weight excluding hydrogens is 343 g/mol. The van der Waals surface area contributed by atoms with Gasteiger partial charge in [0.25, 0.3) is 10.0 Å². The summed E-state index contributed by atoms with van der Waals surface area (Å²) in [6, 6.07) is 11.7. The van der Waals surface area contributed by atoms with E-state index in [9.17, 15) is 17.6 Å². The molecule has 0 aliphatic carbocycles. The molecule has 7 heteroatoms. The first-order chi connectivity index (χ1) is 11.9. The predicted molar refractivity (Wildman–Crippen MR) is 93.2 cm³/mol. The van der Waals surface area contributed by atoms with Crippen LogP contribution >= 0.6 is 0 Å². The van der Waals surface area contributed by atoms with Crippen molar-refractivity contribution in [1.82, 2.24) is 4.90 Å². The fourth-order valence-corrected chi connectivity index (χ4v) is 3.83. The second kappa shape index (κ2) is 7.23. The van der Waals surface area contributed by atoms with Crippen LogP contribution in [0, 0.1) is 5.82 Å². The highest BCUT2D eigenvalue weighted by molar-refractivity contribution is 7.92. The minimum Gasteiger partial charge on any atom is -0.342 e. The number of hydrogen-bond donors (Lipinski definition) is 1. The number of carbonyl (C=O) groups excluding carboxylic acids is 1. The number of hydrogen-bond acceptors (Lipinski definition) is 3. The molecule has 25 heavy (non-hydrogen) atoms. The van der Waals surface area contributed by atoms with Crippen LogP contribution in [-0.4, -0.2) is 32.3 Å². The lowest BCUT2D eigenvalue weighted by Gasteiger charge is -2.15. The Hall–Kier alpha value is -2.41. The number of carbonyl (C=O) groups is 1. The lowest BCUT2D eigenvalue weighted by Crippen LogP contribution is -2.26. The van der Waals surface area contributed by atoms with Gasteiger partial charge < -0.3 is 4.90 Å². The molecule has 0 atom stereocenters. The van der Waals surface area contributed by atoms with E-state index in [1.165, 1.54) is 36.4 Å². The molecule has 0 bridgehead atoms. The van der Waals surface area contributed by atoms with E-state index in [0.717, 1.165) is 18.5 Å². The van der Waals surface area contributed by atoms with E-state index in [2.05, 4.69) is 4.72 Å². The van der Waals surface area contributed by atoms with E-state index in [4.69, 9.17) is 0 Å². The fraction of sp³-hybridized carbons (Fsp3) is 0.278. The highest BCUT2D eigenvalue weighted by Gasteiger charge is 2.19. The van der Waals surface area contributed by atoms with Crippen molar-refractivity contribution in [3.8, 4) is 0 Å². The van der Waals surface area contributed by atoms with Gasteiger partial charge in [-0.25, -0.2) is 12.8 Å². The average Bonchev–Trinajstić information content (AvgIpc) is 3.00. The van der Waals surface area contributed by atoms with E-state index >= 15 is 0 Å². The van der Waals surface area contributed by atoms with Crippen LogP contribution in [0.5, 0.6) is 0 Å². The van der Waals surface area contributed by atoms with Gasteiger partial charge in [0.05, 0.1) is 4.90 Å². The number of nitrogens with zero attached hydrogens (tertiary/aromatic N) is 1. The largest absolute Gasteiger partial charge is 0.342 e. The molecule has 0 unspecified atom stereocenters. The first-order valence-electron chi connectivity index (χ1n) is 8.09. The SMILES string of the molecule is O=C1CCCN1CCc1ccc(S(=O)(=O)Nc2ccc(F)cc2)cc1. The summed E-state index contributed by atoms with van der Waals surface area (Å²) in [5, 5.41) is 0. The summed E-state index contributed by atoms with van der Waals surface area (Å²) in [6.07, 6.45) is 2.22. The van der Waals surface area contributed by atoms with E-state index in [1.807, 2.05) is 4.90 Å². The third kappa shape index (κ3) is 4.36. The minimum absolute atomic E-state index is 0.137. The molecule has 1 saturated heterocycles. The van der Waals surface area contributed by atoms with E-state index in [0.29, 0.717) is 25.1 Å². The molecule has 1 fully saturated rings. The van der Waals surface area contributed by atoms with Gasteiger partial charge in [-0.1, -0.05) is 12.1 Å². The molecule has 0 aromatic heterocycles. The average molecular weight is 362 g/mol. The number of anilines is 1. The summed E-state index contributed by atoms with van der Waals surface area (Å²) < 4.78 is 40.0. The lowest BCUT2D eigenvalue weighted by molar-refractivity contribution is -0.127. The van der Waals surface area contributed by atoms with E-state index in [1.54, 1.807) is 12.1 Å². The maximum atomic E-state index is 12.9. The number of rotatable bonds is 6. The second-order valence-electron chi connectivity index (χ2n) is 5.99. The third-order valence-corrected chi connectivity index (χ3v) is 5.57. The fourth-order valence-electron chi connectivity index (χ4n) is 2.77. The van der Waals surface area contributed by atoms with Gasteiger partial charge in [-0.15, -0.1) is 0 Å². The quantitative estimate of drug-likeness (QED) is 0.859. The Morgan fingerprint density at radius 3 is 2.32 bits per heavy atom. The first-order valence-corrected chi connectivity index (χ1v) is 9.57. The Morgan fingerprint density at radius 1 is 1.04 bits per heavy atom. The Balaban J connectivity index is 1.64. The van der Waals surface area contributed by atoms with Crippen LogP contribution in [0.3, 0.4) is 0 Å². The van der Waals surface area contributed by atoms with Crippen LogP contribution in [0.15, 0.2) is 53.4 Å². The standard InChI is InChI=1S/C18H19FN2O3S/c19-15-5-7-16(8-6-15)20-25(23,24)17-9-3-14(4-10-17)11-13-21-12-1-2-18(21)22/h3-10,20H,1-2,11-13H2. The van der Waals surface area contributed by atoms with Gasteiger partial charge in [0.15, 0.2) is 0 Å². The summed E-state index contributed by atoms with van der Waals surface area (Å²) in [5.41, 5.74) is 1.28. The summed E-state index contributed by atoms with van der Waals surface area (Å²) in [6.45, 7) is 1.45. The molecule has 0 radical (unpaired) electrons. The Morgan fingerprint density at radius 2 is 1.72 bits per heavy atom. The highest BCUT2D eigenvalue weighted by atomic mass is 32.2. The Kier molecular flexibility index (Phi) is 5.03. The number of amides is 1. The van der Waals surface area contributed by atoms with Crippen LogP contribution in [0.1, 0.15) is 18.4 Å². The zero-order chi connectivity index (χ0) is 17.9. The maximum Gasteiger partial charge on any atom is 0.261 e. The first kappa shape index (κ1) is 17.4. The van der Waals surface area contributed by atoms with Gasteiger partial charge in [-0.05, 0) is 54.8 Å². The van der Waals surface area contributed by atoms with Crippen molar-refractivity contribution in [3.63, 3.8) is 0 Å². The van der Waals surface area contributed by atoms with Crippen molar-refractivity contribution in [2.45, 2.75) is 24.2 Å². The zero-order valence-electron chi connectivity index (χ0n) is 13.6. The van der Waals surface area contributed by atoms with Crippen LogP contribution in [-0.2, 0) is 21.2 Å². The van der Waals surface area contributed by atoms with E-state index < -0.39 is 15.8 Å².